The van der Waals surface area contributed by atoms with E-state index in [1.165, 1.54) is 22.3 Å². The molecule has 3 nitrogen and oxygen atoms in total. The highest BCUT2D eigenvalue weighted by molar-refractivity contribution is 5.50. The van der Waals surface area contributed by atoms with E-state index >= 15 is 0 Å². The van der Waals surface area contributed by atoms with Crippen molar-refractivity contribution in [3.63, 3.8) is 0 Å². The Kier molecular flexibility index (Phi) is 4.17. The molecule has 108 valence electrons. The van der Waals surface area contributed by atoms with Gasteiger partial charge < -0.3 is 5.32 Å². The number of rotatable bonds is 4. The minimum absolute atomic E-state index is 0.281. The standard InChI is InChI=1S/C17H25N3/c1-7-16-17(10-20(6)19-16)18-14(5)15-9-12(3)11(2)8-13(15)4/h8-10,14,18H,7H2,1-6H3. The Balaban J connectivity index is 2.28. The topological polar surface area (TPSA) is 29.9 Å². The lowest BCUT2D eigenvalue weighted by molar-refractivity contribution is 0.746. The number of aryl methyl sites for hydroxylation is 5. The molecule has 1 aromatic heterocycles. The molecule has 0 aliphatic carbocycles. The summed E-state index contributed by atoms with van der Waals surface area (Å²) in [5.41, 5.74) is 7.67. The SMILES string of the molecule is CCc1nn(C)cc1NC(C)c1cc(C)c(C)cc1C. The monoisotopic (exact) mass is 271 g/mol. The van der Waals surface area contributed by atoms with Crippen LogP contribution in [0.3, 0.4) is 0 Å². The number of aromatic nitrogens is 2. The second kappa shape index (κ2) is 5.70. The summed E-state index contributed by atoms with van der Waals surface area (Å²) in [6, 6.07) is 4.85. The van der Waals surface area contributed by atoms with Gasteiger partial charge >= 0.3 is 0 Å². The van der Waals surface area contributed by atoms with Gasteiger partial charge in [0.05, 0.1) is 11.4 Å². The predicted octanol–water partition coefficient (Wildman–Crippen LogP) is 4.08. The van der Waals surface area contributed by atoms with Crippen LogP contribution in [0.25, 0.3) is 0 Å². The molecule has 3 heteroatoms. The first kappa shape index (κ1) is 14.6. The summed E-state index contributed by atoms with van der Waals surface area (Å²) in [7, 11) is 1.97. The van der Waals surface area contributed by atoms with E-state index in [0.717, 1.165) is 17.8 Å². The highest BCUT2D eigenvalue weighted by Gasteiger charge is 2.13. The lowest BCUT2D eigenvalue weighted by Crippen LogP contribution is -2.09. The number of anilines is 1. The summed E-state index contributed by atoms with van der Waals surface area (Å²) >= 11 is 0. The maximum Gasteiger partial charge on any atom is 0.0853 e. The normalized spacial score (nSPS) is 12.5. The van der Waals surface area contributed by atoms with E-state index < -0.39 is 0 Å². The number of nitrogens with one attached hydrogen (secondary N) is 1. The minimum Gasteiger partial charge on any atom is -0.376 e. The van der Waals surface area contributed by atoms with Crippen molar-refractivity contribution in [2.24, 2.45) is 7.05 Å². The van der Waals surface area contributed by atoms with Crippen LogP contribution in [-0.2, 0) is 13.5 Å². The van der Waals surface area contributed by atoms with E-state index in [-0.39, 0.29) is 6.04 Å². The highest BCUT2D eigenvalue weighted by atomic mass is 15.3. The van der Waals surface area contributed by atoms with Crippen molar-refractivity contribution in [2.45, 2.75) is 47.1 Å². The number of benzene rings is 1. The molecule has 0 spiro atoms. The zero-order valence-electron chi connectivity index (χ0n) is 13.4. The molecule has 0 saturated heterocycles. The molecule has 0 fully saturated rings. The molecule has 2 rings (SSSR count). The summed E-state index contributed by atoms with van der Waals surface area (Å²) in [6.07, 6.45) is 3.01. The van der Waals surface area contributed by atoms with Gasteiger partial charge in [-0.25, -0.2) is 0 Å². The first-order valence-corrected chi connectivity index (χ1v) is 7.29. The molecule has 1 heterocycles. The van der Waals surface area contributed by atoms with Crippen LogP contribution in [0, 0.1) is 20.8 Å². The summed E-state index contributed by atoms with van der Waals surface area (Å²) in [5.74, 6) is 0. The fourth-order valence-electron chi connectivity index (χ4n) is 2.68. The van der Waals surface area contributed by atoms with Crippen LogP contribution in [-0.4, -0.2) is 9.78 Å². The maximum absolute atomic E-state index is 4.48. The number of hydrogen-bond donors (Lipinski definition) is 1. The minimum atomic E-state index is 0.281. The summed E-state index contributed by atoms with van der Waals surface area (Å²) in [6.45, 7) is 10.9. The van der Waals surface area contributed by atoms with Gasteiger partial charge in [0.1, 0.15) is 0 Å². The van der Waals surface area contributed by atoms with Gasteiger partial charge in [-0.15, -0.1) is 0 Å². The van der Waals surface area contributed by atoms with Gasteiger partial charge in [0.2, 0.25) is 0 Å². The first-order chi connectivity index (χ1) is 9.42. The summed E-state index contributed by atoms with van der Waals surface area (Å²) in [4.78, 5) is 0. The van der Waals surface area contributed by atoms with Crippen LogP contribution in [0.5, 0.6) is 0 Å². The summed E-state index contributed by atoms with van der Waals surface area (Å²) in [5, 5.41) is 8.09. The smallest absolute Gasteiger partial charge is 0.0853 e. The number of nitrogens with zero attached hydrogens (tertiary/aromatic N) is 2. The predicted molar refractivity (Wildman–Crippen MR) is 85.3 cm³/mol. The van der Waals surface area contributed by atoms with Crippen molar-refractivity contribution in [2.75, 3.05) is 5.32 Å². The van der Waals surface area contributed by atoms with E-state index in [4.69, 9.17) is 0 Å². The van der Waals surface area contributed by atoms with Crippen LogP contribution in [0.4, 0.5) is 5.69 Å². The molecule has 0 radical (unpaired) electrons. The fourth-order valence-corrected chi connectivity index (χ4v) is 2.68. The molecular formula is C17H25N3. The molecule has 0 saturated carbocycles. The Hall–Kier alpha value is -1.77. The van der Waals surface area contributed by atoms with Crippen molar-refractivity contribution < 1.29 is 0 Å². The fraction of sp³-hybridized carbons (Fsp3) is 0.471. The van der Waals surface area contributed by atoms with E-state index in [2.05, 4.69) is 63.4 Å². The van der Waals surface area contributed by atoms with E-state index in [9.17, 15) is 0 Å². The lowest BCUT2D eigenvalue weighted by atomic mass is 9.96. The van der Waals surface area contributed by atoms with Gasteiger partial charge in [0, 0.05) is 19.3 Å². The molecule has 1 unspecified atom stereocenters. The summed E-state index contributed by atoms with van der Waals surface area (Å²) < 4.78 is 1.88. The van der Waals surface area contributed by atoms with Crippen LogP contribution in [0.2, 0.25) is 0 Å². The number of hydrogen-bond acceptors (Lipinski definition) is 2. The van der Waals surface area contributed by atoms with Crippen LogP contribution < -0.4 is 5.32 Å². The van der Waals surface area contributed by atoms with Gasteiger partial charge in [-0.2, -0.15) is 5.10 Å². The molecule has 0 bridgehead atoms. The third-order valence-corrected chi connectivity index (χ3v) is 3.96. The Morgan fingerprint density at radius 3 is 2.45 bits per heavy atom. The Bertz CT molecular complexity index is 611. The van der Waals surface area contributed by atoms with Gasteiger partial charge in [-0.05, 0) is 56.4 Å². The molecule has 2 aromatic rings. The van der Waals surface area contributed by atoms with Gasteiger partial charge in [0.25, 0.3) is 0 Å². The average Bonchev–Trinajstić information content (AvgIpc) is 2.73. The van der Waals surface area contributed by atoms with Crippen LogP contribution >= 0.6 is 0 Å². The molecule has 0 aliphatic heterocycles. The Morgan fingerprint density at radius 1 is 1.15 bits per heavy atom. The molecule has 1 aromatic carbocycles. The van der Waals surface area contributed by atoms with Gasteiger partial charge in [-0.1, -0.05) is 19.1 Å². The second-order valence-corrected chi connectivity index (χ2v) is 5.68. The van der Waals surface area contributed by atoms with E-state index in [1.54, 1.807) is 0 Å². The molecule has 1 N–H and O–H groups in total. The molecule has 0 amide bonds. The van der Waals surface area contributed by atoms with Crippen molar-refractivity contribution in [1.82, 2.24) is 9.78 Å². The van der Waals surface area contributed by atoms with Crippen LogP contribution in [0.15, 0.2) is 18.3 Å². The largest absolute Gasteiger partial charge is 0.376 e. The lowest BCUT2D eigenvalue weighted by Gasteiger charge is -2.19. The van der Waals surface area contributed by atoms with Crippen molar-refractivity contribution in [3.8, 4) is 0 Å². The van der Waals surface area contributed by atoms with Gasteiger partial charge in [-0.3, -0.25) is 4.68 Å². The van der Waals surface area contributed by atoms with Crippen molar-refractivity contribution >= 4 is 5.69 Å². The molecular weight excluding hydrogens is 246 g/mol. The van der Waals surface area contributed by atoms with Crippen molar-refractivity contribution in [3.05, 3.63) is 46.3 Å². The van der Waals surface area contributed by atoms with E-state index in [1.807, 2.05) is 11.7 Å². The zero-order valence-corrected chi connectivity index (χ0v) is 13.4. The van der Waals surface area contributed by atoms with Crippen molar-refractivity contribution in [1.29, 1.82) is 0 Å². The van der Waals surface area contributed by atoms with E-state index in [0.29, 0.717) is 0 Å². The second-order valence-electron chi connectivity index (χ2n) is 5.68. The molecule has 20 heavy (non-hydrogen) atoms. The third kappa shape index (κ3) is 2.87. The van der Waals surface area contributed by atoms with Crippen LogP contribution in [0.1, 0.15) is 47.8 Å². The first-order valence-electron chi connectivity index (χ1n) is 7.29. The molecule has 0 aliphatic rings. The quantitative estimate of drug-likeness (QED) is 0.908. The third-order valence-electron chi connectivity index (χ3n) is 3.96. The maximum atomic E-state index is 4.48. The highest BCUT2D eigenvalue weighted by Crippen LogP contribution is 2.26. The average molecular weight is 271 g/mol. The Morgan fingerprint density at radius 2 is 1.80 bits per heavy atom. The van der Waals surface area contributed by atoms with Gasteiger partial charge in [0.15, 0.2) is 0 Å². The molecule has 1 atom stereocenters. The Labute approximate surface area is 122 Å². The zero-order chi connectivity index (χ0) is 14.9.